The Morgan fingerprint density at radius 3 is 2.91 bits per heavy atom. The maximum atomic E-state index is 13.5. The summed E-state index contributed by atoms with van der Waals surface area (Å²) in [5.41, 5.74) is 0. The molecule has 0 saturated carbocycles. The van der Waals surface area contributed by atoms with Crippen LogP contribution in [0.1, 0.15) is 30.4 Å². The second kappa shape index (κ2) is 6.22. The van der Waals surface area contributed by atoms with Crippen LogP contribution in [-0.4, -0.2) is 24.0 Å². The van der Waals surface area contributed by atoms with Crippen molar-refractivity contribution in [3.8, 4) is 5.75 Å². The fourth-order valence-corrected chi connectivity index (χ4v) is 2.78. The molecule has 0 bridgehead atoms. The lowest BCUT2D eigenvalue weighted by atomic mass is 10.1. The molecule has 1 amide bonds. The SMILES string of the molecule is Cc1ccc([C@H]2CCCN2C(=O)COc2ccccc2F)o1. The van der Waals surface area contributed by atoms with Crippen LogP contribution < -0.4 is 4.74 Å². The van der Waals surface area contributed by atoms with E-state index in [0.29, 0.717) is 6.54 Å². The highest BCUT2D eigenvalue weighted by atomic mass is 19.1. The summed E-state index contributed by atoms with van der Waals surface area (Å²) >= 11 is 0. The summed E-state index contributed by atoms with van der Waals surface area (Å²) in [6.45, 7) is 2.38. The van der Waals surface area contributed by atoms with Crippen LogP contribution in [0.15, 0.2) is 40.8 Å². The molecule has 3 rings (SSSR count). The zero-order valence-corrected chi connectivity index (χ0v) is 12.4. The van der Waals surface area contributed by atoms with Crippen LogP contribution in [0.4, 0.5) is 4.39 Å². The molecule has 22 heavy (non-hydrogen) atoms. The fraction of sp³-hybridized carbons (Fsp3) is 0.353. The summed E-state index contributed by atoms with van der Waals surface area (Å²) in [7, 11) is 0. The molecule has 5 heteroatoms. The Kier molecular flexibility index (Phi) is 4.13. The van der Waals surface area contributed by atoms with Gasteiger partial charge in [0, 0.05) is 6.54 Å². The largest absolute Gasteiger partial charge is 0.481 e. The molecule has 1 atom stereocenters. The van der Waals surface area contributed by atoms with E-state index in [1.54, 1.807) is 17.0 Å². The number of amides is 1. The summed E-state index contributed by atoms with van der Waals surface area (Å²) in [6.07, 6.45) is 1.80. The molecule has 2 aromatic rings. The van der Waals surface area contributed by atoms with Gasteiger partial charge < -0.3 is 14.1 Å². The van der Waals surface area contributed by atoms with Crippen molar-refractivity contribution in [3.63, 3.8) is 0 Å². The van der Waals surface area contributed by atoms with Gasteiger partial charge in [0.25, 0.3) is 5.91 Å². The fourth-order valence-electron chi connectivity index (χ4n) is 2.78. The summed E-state index contributed by atoms with van der Waals surface area (Å²) in [5.74, 6) is 1.11. The summed E-state index contributed by atoms with van der Waals surface area (Å²) in [6, 6.07) is 9.83. The zero-order valence-electron chi connectivity index (χ0n) is 12.4. The first-order chi connectivity index (χ1) is 10.6. The van der Waals surface area contributed by atoms with Gasteiger partial charge in [-0.05, 0) is 44.0 Å². The second-order valence-corrected chi connectivity index (χ2v) is 5.41. The smallest absolute Gasteiger partial charge is 0.261 e. The minimum atomic E-state index is -0.463. The second-order valence-electron chi connectivity index (χ2n) is 5.41. The summed E-state index contributed by atoms with van der Waals surface area (Å²) < 4.78 is 24.4. The number of benzene rings is 1. The molecule has 0 spiro atoms. The molecule has 0 N–H and O–H groups in total. The van der Waals surface area contributed by atoms with Crippen molar-refractivity contribution in [1.29, 1.82) is 0 Å². The molecule has 0 unspecified atom stereocenters. The topological polar surface area (TPSA) is 42.7 Å². The van der Waals surface area contributed by atoms with Crippen LogP contribution in [0.3, 0.4) is 0 Å². The molecule has 2 heterocycles. The molecule has 4 nitrogen and oxygen atoms in total. The first-order valence-corrected chi connectivity index (χ1v) is 7.38. The van der Waals surface area contributed by atoms with E-state index < -0.39 is 5.82 Å². The van der Waals surface area contributed by atoms with Crippen molar-refractivity contribution < 1.29 is 18.3 Å². The Morgan fingerprint density at radius 1 is 1.36 bits per heavy atom. The van der Waals surface area contributed by atoms with Crippen LogP contribution >= 0.6 is 0 Å². The standard InChI is InChI=1S/C17H18FNO3/c1-12-8-9-16(22-12)14-6-4-10-19(14)17(20)11-21-15-7-3-2-5-13(15)18/h2-3,5,7-9,14H,4,6,10-11H2,1H3/t14-/m1/s1. The highest BCUT2D eigenvalue weighted by Crippen LogP contribution is 2.33. The third-order valence-electron chi connectivity index (χ3n) is 3.85. The lowest BCUT2D eigenvalue weighted by molar-refractivity contribution is -0.134. The van der Waals surface area contributed by atoms with Crippen LogP contribution in [0.25, 0.3) is 0 Å². The number of likely N-dealkylation sites (tertiary alicyclic amines) is 1. The van der Waals surface area contributed by atoms with Gasteiger partial charge in [0.2, 0.25) is 0 Å². The van der Waals surface area contributed by atoms with Crippen molar-refractivity contribution in [1.82, 2.24) is 4.90 Å². The van der Waals surface area contributed by atoms with Gasteiger partial charge in [-0.25, -0.2) is 4.39 Å². The number of para-hydroxylation sites is 1. The van der Waals surface area contributed by atoms with Gasteiger partial charge in [-0.3, -0.25) is 4.79 Å². The molecule has 1 aromatic carbocycles. The number of furan rings is 1. The molecule has 116 valence electrons. The Labute approximate surface area is 128 Å². The van der Waals surface area contributed by atoms with Gasteiger partial charge in [0.15, 0.2) is 18.2 Å². The van der Waals surface area contributed by atoms with Gasteiger partial charge in [-0.15, -0.1) is 0 Å². The molecule has 1 aliphatic rings. The van der Waals surface area contributed by atoms with E-state index in [9.17, 15) is 9.18 Å². The van der Waals surface area contributed by atoms with Crippen molar-refractivity contribution in [2.75, 3.05) is 13.2 Å². The van der Waals surface area contributed by atoms with E-state index >= 15 is 0 Å². The number of carbonyl (C=O) groups excluding carboxylic acids is 1. The molecule has 1 saturated heterocycles. The molecular formula is C17H18FNO3. The number of rotatable bonds is 4. The van der Waals surface area contributed by atoms with Crippen LogP contribution in [0, 0.1) is 12.7 Å². The number of hydrogen-bond acceptors (Lipinski definition) is 3. The van der Waals surface area contributed by atoms with Crippen molar-refractivity contribution in [3.05, 3.63) is 53.7 Å². The van der Waals surface area contributed by atoms with E-state index in [1.165, 1.54) is 12.1 Å². The third kappa shape index (κ3) is 2.98. The van der Waals surface area contributed by atoms with E-state index in [0.717, 1.165) is 24.4 Å². The van der Waals surface area contributed by atoms with Crippen molar-refractivity contribution in [2.45, 2.75) is 25.8 Å². The molecule has 0 radical (unpaired) electrons. The third-order valence-corrected chi connectivity index (χ3v) is 3.85. The minimum Gasteiger partial charge on any atom is -0.481 e. The highest BCUT2D eigenvalue weighted by Gasteiger charge is 2.32. The number of nitrogens with zero attached hydrogens (tertiary/aromatic N) is 1. The van der Waals surface area contributed by atoms with Crippen LogP contribution in [0.2, 0.25) is 0 Å². The predicted molar refractivity (Wildman–Crippen MR) is 79.0 cm³/mol. The van der Waals surface area contributed by atoms with E-state index in [4.69, 9.17) is 9.15 Å². The first-order valence-electron chi connectivity index (χ1n) is 7.38. The number of halogens is 1. The number of hydrogen-bond donors (Lipinski definition) is 0. The van der Waals surface area contributed by atoms with Gasteiger partial charge in [-0.2, -0.15) is 0 Å². The minimum absolute atomic E-state index is 0.0505. The van der Waals surface area contributed by atoms with Crippen LogP contribution in [0.5, 0.6) is 5.75 Å². The first kappa shape index (κ1) is 14.6. The van der Waals surface area contributed by atoms with Crippen molar-refractivity contribution in [2.24, 2.45) is 0 Å². The Morgan fingerprint density at radius 2 is 2.18 bits per heavy atom. The lowest BCUT2D eigenvalue weighted by Crippen LogP contribution is -2.34. The van der Waals surface area contributed by atoms with Crippen LogP contribution in [-0.2, 0) is 4.79 Å². The summed E-state index contributed by atoms with van der Waals surface area (Å²) in [5, 5.41) is 0. The molecule has 0 aliphatic carbocycles. The van der Waals surface area contributed by atoms with Gasteiger partial charge in [0.05, 0.1) is 6.04 Å². The van der Waals surface area contributed by atoms with E-state index in [2.05, 4.69) is 0 Å². The highest BCUT2D eigenvalue weighted by molar-refractivity contribution is 5.78. The number of carbonyl (C=O) groups is 1. The Hall–Kier alpha value is -2.30. The van der Waals surface area contributed by atoms with Gasteiger partial charge >= 0.3 is 0 Å². The van der Waals surface area contributed by atoms with Crippen molar-refractivity contribution >= 4 is 5.91 Å². The predicted octanol–water partition coefficient (Wildman–Crippen LogP) is 3.47. The molecular weight excluding hydrogens is 285 g/mol. The summed E-state index contributed by atoms with van der Waals surface area (Å²) in [4.78, 5) is 14.1. The molecule has 1 aromatic heterocycles. The molecule has 1 fully saturated rings. The Balaban J connectivity index is 1.65. The molecule has 1 aliphatic heterocycles. The number of ether oxygens (including phenoxy) is 1. The number of aryl methyl sites for hydroxylation is 1. The monoisotopic (exact) mass is 303 g/mol. The maximum Gasteiger partial charge on any atom is 0.261 e. The maximum absolute atomic E-state index is 13.5. The lowest BCUT2D eigenvalue weighted by Gasteiger charge is -2.23. The Bertz CT molecular complexity index is 667. The average molecular weight is 303 g/mol. The van der Waals surface area contributed by atoms with E-state index in [1.807, 2.05) is 19.1 Å². The zero-order chi connectivity index (χ0) is 15.5. The average Bonchev–Trinajstić information content (AvgIpc) is 3.14. The van der Waals surface area contributed by atoms with Gasteiger partial charge in [-0.1, -0.05) is 12.1 Å². The quantitative estimate of drug-likeness (QED) is 0.868. The van der Waals surface area contributed by atoms with Gasteiger partial charge in [0.1, 0.15) is 11.5 Å². The normalized spacial score (nSPS) is 17.7. The van der Waals surface area contributed by atoms with E-state index in [-0.39, 0.29) is 24.3 Å².